The first-order chi connectivity index (χ1) is 9.55. The maximum absolute atomic E-state index is 12.6. The first kappa shape index (κ1) is 21.4. The average Bonchev–Trinajstić information content (AvgIpc) is 2.31. The van der Waals surface area contributed by atoms with E-state index in [0.717, 1.165) is 0 Å². The molecule has 0 saturated carbocycles. The first-order valence-electron chi connectivity index (χ1n) is 7.89. The largest absolute Gasteiger partial charge is 0.469 e. The van der Waals surface area contributed by atoms with E-state index in [9.17, 15) is 9.59 Å². The molecule has 0 aliphatic heterocycles. The van der Waals surface area contributed by atoms with Crippen LogP contribution in [0.2, 0.25) is 41.8 Å². The first-order valence-corrected chi connectivity index (χ1v) is 14.0. The van der Waals surface area contributed by atoms with Crippen molar-refractivity contribution in [2.75, 3.05) is 7.11 Å². The molecule has 0 fully saturated rings. The molecule has 1 unspecified atom stereocenters. The maximum atomic E-state index is 12.6. The molecule has 0 aliphatic rings. The Morgan fingerprint density at radius 2 is 1.36 bits per heavy atom. The van der Waals surface area contributed by atoms with Crippen molar-refractivity contribution in [1.82, 2.24) is 0 Å². The molecule has 5 heteroatoms. The van der Waals surface area contributed by atoms with Crippen LogP contribution in [0.3, 0.4) is 0 Å². The van der Waals surface area contributed by atoms with Crippen molar-refractivity contribution in [3.8, 4) is 0 Å². The molecule has 0 aromatic heterocycles. The summed E-state index contributed by atoms with van der Waals surface area (Å²) in [7, 11) is -2.86. The molecule has 0 saturated heterocycles. The van der Waals surface area contributed by atoms with E-state index in [4.69, 9.17) is 4.74 Å². The van der Waals surface area contributed by atoms with Crippen molar-refractivity contribution in [3.63, 3.8) is 0 Å². The summed E-state index contributed by atoms with van der Waals surface area (Å²) in [5.74, 6) is 1.94. The summed E-state index contributed by atoms with van der Waals surface area (Å²) in [6.07, 6.45) is 0. The molecular weight excluding hydrogens is 308 g/mol. The Kier molecular flexibility index (Phi) is 6.27. The molecule has 0 spiro atoms. The van der Waals surface area contributed by atoms with E-state index in [0.29, 0.717) is 5.20 Å². The summed E-state index contributed by atoms with van der Waals surface area (Å²) in [5.41, 5.74) is -0.420. The highest BCUT2D eigenvalue weighted by Crippen LogP contribution is 2.52. The zero-order valence-electron chi connectivity index (χ0n) is 16.3. The fraction of sp³-hybridized carbons (Fsp3) is 0.824. The van der Waals surface area contributed by atoms with Crippen molar-refractivity contribution in [2.24, 2.45) is 0 Å². The van der Waals surface area contributed by atoms with Crippen molar-refractivity contribution >= 4 is 28.1 Å². The van der Waals surface area contributed by atoms with E-state index < -0.39 is 21.7 Å². The molecule has 128 valence electrons. The van der Waals surface area contributed by atoms with Crippen LogP contribution in [0.4, 0.5) is 0 Å². The van der Waals surface area contributed by atoms with Gasteiger partial charge in [0.1, 0.15) is 5.94 Å². The second kappa shape index (κ2) is 6.46. The second-order valence-corrected chi connectivity index (χ2v) is 20.1. The third-order valence-corrected chi connectivity index (χ3v) is 17.6. The molecule has 0 amide bonds. The Labute approximate surface area is 138 Å². The molecule has 0 rings (SSSR count). The molecule has 0 radical (unpaired) electrons. The summed E-state index contributed by atoms with van der Waals surface area (Å²) >= 11 is 0. The molecular formula is C17H34O3Si2. The molecule has 0 aromatic carbocycles. The summed E-state index contributed by atoms with van der Waals surface area (Å²) in [6.45, 7) is 21.6. The van der Waals surface area contributed by atoms with Crippen LogP contribution in [0, 0.1) is 0 Å². The molecule has 22 heavy (non-hydrogen) atoms. The fourth-order valence-electron chi connectivity index (χ4n) is 2.28. The number of rotatable bonds is 4. The van der Waals surface area contributed by atoms with E-state index in [-0.39, 0.29) is 16.0 Å². The number of hydrogen-bond acceptors (Lipinski definition) is 3. The molecule has 0 bridgehead atoms. The van der Waals surface area contributed by atoms with Gasteiger partial charge in [-0.1, -0.05) is 67.7 Å². The average molecular weight is 343 g/mol. The normalized spacial score (nSPS) is 15.0. The molecule has 0 heterocycles. The Hall–Kier alpha value is -0.646. The number of ether oxygens (including phenoxy) is 1. The lowest BCUT2D eigenvalue weighted by Crippen LogP contribution is -2.53. The van der Waals surface area contributed by atoms with Gasteiger partial charge in [-0.2, -0.15) is 0 Å². The van der Waals surface area contributed by atoms with Gasteiger partial charge in [0.25, 0.3) is 0 Å². The predicted molar refractivity (Wildman–Crippen MR) is 99.4 cm³/mol. The summed E-state index contributed by atoms with van der Waals surface area (Å²) in [6, 6.07) is 0. The molecule has 0 aromatic rings. The van der Waals surface area contributed by atoms with Gasteiger partial charge in [0.15, 0.2) is 0 Å². The Morgan fingerprint density at radius 1 is 0.955 bits per heavy atom. The topological polar surface area (TPSA) is 43.4 Å². The van der Waals surface area contributed by atoms with Crippen LogP contribution in [0.25, 0.3) is 0 Å². The van der Waals surface area contributed by atoms with Gasteiger partial charge in [0.2, 0.25) is 0 Å². The van der Waals surface area contributed by atoms with Gasteiger partial charge < -0.3 is 4.74 Å². The third-order valence-electron chi connectivity index (χ3n) is 6.04. The Balaban J connectivity index is 6.37. The van der Waals surface area contributed by atoms with Gasteiger partial charge in [0, 0.05) is 5.20 Å². The highest BCUT2D eigenvalue weighted by Gasteiger charge is 2.54. The number of hydrogen-bond donors (Lipinski definition) is 0. The highest BCUT2D eigenvalue weighted by molar-refractivity contribution is 6.94. The molecule has 1 atom stereocenters. The van der Waals surface area contributed by atoms with Crippen LogP contribution in [0.1, 0.15) is 41.5 Å². The lowest BCUT2D eigenvalue weighted by atomic mass is 10.2. The molecule has 0 N–H and O–H groups in total. The SMILES string of the molecule is COC(=O)C(C(=C=O)[Si](C)(C)C(C)(C)C)[Si](C)(C)C(C)(C)C. The summed E-state index contributed by atoms with van der Waals surface area (Å²) < 4.78 is 5.10. The zero-order valence-corrected chi connectivity index (χ0v) is 18.3. The van der Waals surface area contributed by atoms with Crippen LogP contribution in [0.5, 0.6) is 0 Å². The lowest BCUT2D eigenvalue weighted by molar-refractivity contribution is -0.139. The predicted octanol–water partition coefficient (Wildman–Crippen LogP) is 4.84. The minimum absolute atomic E-state index is 0.0175. The fourth-order valence-corrected chi connectivity index (χ4v) is 8.70. The zero-order chi connectivity index (χ0) is 18.1. The maximum Gasteiger partial charge on any atom is 0.310 e. The highest BCUT2D eigenvalue weighted by atomic mass is 28.3. The number of esters is 1. The van der Waals surface area contributed by atoms with Crippen molar-refractivity contribution in [2.45, 2.75) is 83.3 Å². The van der Waals surface area contributed by atoms with Crippen LogP contribution in [-0.2, 0) is 14.3 Å². The minimum atomic E-state index is -2.14. The van der Waals surface area contributed by atoms with E-state index >= 15 is 0 Å². The van der Waals surface area contributed by atoms with Gasteiger partial charge in [0.05, 0.1) is 28.8 Å². The third kappa shape index (κ3) is 3.81. The van der Waals surface area contributed by atoms with Crippen LogP contribution < -0.4 is 0 Å². The Morgan fingerprint density at radius 3 is 1.59 bits per heavy atom. The quantitative estimate of drug-likeness (QED) is 0.417. The Bertz CT molecular complexity index is 473. The standard InChI is InChI=1S/C17H34O3Si2/c1-16(2,3)21(8,9)13(12-18)14(15(19)20-7)22(10,11)17(4,5)6/h14H,1-11H3. The summed E-state index contributed by atoms with van der Waals surface area (Å²) in [4.78, 5) is 24.5. The molecule has 3 nitrogen and oxygen atoms in total. The summed E-state index contributed by atoms with van der Waals surface area (Å²) in [5, 5.41) is 0.656. The van der Waals surface area contributed by atoms with Gasteiger partial charge in [-0.3, -0.25) is 4.79 Å². The monoisotopic (exact) mass is 342 g/mol. The van der Waals surface area contributed by atoms with Gasteiger partial charge in [-0.25, -0.2) is 4.79 Å². The van der Waals surface area contributed by atoms with Crippen LogP contribution in [-0.4, -0.2) is 35.2 Å². The number of methoxy groups -OCH3 is 1. The van der Waals surface area contributed by atoms with E-state index in [1.807, 2.05) is 0 Å². The van der Waals surface area contributed by atoms with Gasteiger partial charge >= 0.3 is 5.97 Å². The number of carbonyl (C=O) groups is 1. The van der Waals surface area contributed by atoms with E-state index in [1.165, 1.54) is 7.11 Å². The van der Waals surface area contributed by atoms with Crippen LogP contribution in [0.15, 0.2) is 5.20 Å². The van der Waals surface area contributed by atoms with Gasteiger partial charge in [-0.15, -0.1) is 0 Å². The second-order valence-electron chi connectivity index (χ2n) is 9.32. The molecule has 0 aliphatic carbocycles. The van der Waals surface area contributed by atoms with E-state index in [1.54, 1.807) is 0 Å². The van der Waals surface area contributed by atoms with Crippen molar-refractivity contribution in [1.29, 1.82) is 0 Å². The number of carbonyl (C=O) groups excluding carboxylic acids is 2. The smallest absolute Gasteiger partial charge is 0.310 e. The van der Waals surface area contributed by atoms with E-state index in [2.05, 4.69) is 73.7 Å². The minimum Gasteiger partial charge on any atom is -0.469 e. The van der Waals surface area contributed by atoms with Crippen LogP contribution >= 0.6 is 0 Å². The van der Waals surface area contributed by atoms with Gasteiger partial charge in [-0.05, 0) is 10.1 Å². The van der Waals surface area contributed by atoms with Crippen molar-refractivity contribution in [3.05, 3.63) is 5.20 Å². The van der Waals surface area contributed by atoms with Crippen molar-refractivity contribution < 1.29 is 14.3 Å². The lowest BCUT2D eigenvalue weighted by Gasteiger charge is -2.47.